The van der Waals surface area contributed by atoms with Crippen LogP contribution < -0.4 is 9.47 Å². The largest absolute Gasteiger partial charge is 0.494 e. The quantitative estimate of drug-likeness (QED) is 0.0759. The smallest absolute Gasteiger partial charge is 0.343 e. The molecule has 196 valence electrons. The molecule has 0 radical (unpaired) electrons. The van der Waals surface area contributed by atoms with Crippen LogP contribution >= 0.6 is 0 Å². The molecule has 5 nitrogen and oxygen atoms in total. The number of rotatable bonds is 11. The summed E-state index contributed by atoms with van der Waals surface area (Å²) in [5.41, 5.74) is 1.95. The summed E-state index contributed by atoms with van der Waals surface area (Å²) >= 11 is 0. The molecule has 0 spiro atoms. The molecule has 0 aliphatic heterocycles. The lowest BCUT2D eigenvalue weighted by molar-refractivity contribution is 0.0737. The first-order valence-corrected chi connectivity index (χ1v) is 13.6. The van der Waals surface area contributed by atoms with E-state index in [2.05, 4.69) is 29.3 Å². The number of carbonyl (C=O) groups is 1. The molecule has 0 aromatic heterocycles. The molecule has 0 heterocycles. The van der Waals surface area contributed by atoms with Gasteiger partial charge in [-0.2, -0.15) is 5.11 Å². The summed E-state index contributed by atoms with van der Waals surface area (Å²) in [5.74, 6) is 0.818. The lowest BCUT2D eigenvalue weighted by atomic mass is 10.1. The van der Waals surface area contributed by atoms with Gasteiger partial charge in [0.25, 0.3) is 0 Å². The van der Waals surface area contributed by atoms with E-state index in [-0.39, 0.29) is 0 Å². The minimum absolute atomic E-state index is 0.420. The third-order valence-corrected chi connectivity index (χ3v) is 6.68. The van der Waals surface area contributed by atoms with Crippen molar-refractivity contribution < 1.29 is 14.3 Å². The van der Waals surface area contributed by atoms with E-state index in [0.717, 1.165) is 39.4 Å². The SMILES string of the molecule is CCCCCCCOc1ccc(C(=O)Oc2ccc(N=Nc3ccc4ccccc4c3)c3ccccc23)cc1. The fraction of sp³-hybridized carbons (Fsp3) is 0.206. The second kappa shape index (κ2) is 12.8. The molecule has 0 aliphatic carbocycles. The molecular weight excluding hydrogens is 484 g/mol. The summed E-state index contributed by atoms with van der Waals surface area (Å²) < 4.78 is 11.6. The number of esters is 1. The fourth-order valence-electron chi connectivity index (χ4n) is 4.52. The van der Waals surface area contributed by atoms with Crippen LogP contribution in [0.15, 0.2) is 113 Å². The van der Waals surface area contributed by atoms with Gasteiger partial charge in [-0.1, -0.05) is 87.2 Å². The molecule has 0 saturated carbocycles. The maximum absolute atomic E-state index is 12.9. The Morgan fingerprint density at radius 1 is 0.692 bits per heavy atom. The first kappa shape index (κ1) is 26.1. The normalized spacial score (nSPS) is 11.3. The van der Waals surface area contributed by atoms with Crippen molar-refractivity contribution in [3.05, 3.63) is 109 Å². The highest BCUT2D eigenvalue weighted by molar-refractivity contribution is 5.99. The molecule has 0 aliphatic rings. The van der Waals surface area contributed by atoms with Crippen LogP contribution in [0.5, 0.6) is 11.5 Å². The van der Waals surface area contributed by atoms with Crippen LogP contribution in [0.4, 0.5) is 11.4 Å². The maximum atomic E-state index is 12.9. The molecule has 0 fully saturated rings. The van der Waals surface area contributed by atoms with Crippen molar-refractivity contribution in [3.8, 4) is 11.5 Å². The van der Waals surface area contributed by atoms with Crippen LogP contribution in [0.2, 0.25) is 0 Å². The van der Waals surface area contributed by atoms with Gasteiger partial charge in [0, 0.05) is 10.8 Å². The third kappa shape index (κ3) is 6.68. The number of unbranched alkanes of at least 4 members (excludes halogenated alkanes) is 4. The lowest BCUT2D eigenvalue weighted by Gasteiger charge is -2.10. The van der Waals surface area contributed by atoms with E-state index < -0.39 is 5.97 Å². The number of ether oxygens (including phenoxy) is 2. The van der Waals surface area contributed by atoms with Crippen LogP contribution in [0.1, 0.15) is 49.4 Å². The van der Waals surface area contributed by atoms with Crippen LogP contribution in [0, 0.1) is 0 Å². The van der Waals surface area contributed by atoms with E-state index in [4.69, 9.17) is 9.47 Å². The first-order valence-electron chi connectivity index (χ1n) is 13.6. The fourth-order valence-corrected chi connectivity index (χ4v) is 4.52. The standard InChI is InChI=1S/C34H32N2O3/c1-2-3-4-5-10-23-38-29-19-16-26(17-20-29)34(37)39-33-22-21-32(30-13-8-9-14-31(30)33)36-35-28-18-15-25-11-6-7-12-27(25)24-28/h6-9,11-22,24H,2-5,10,23H2,1H3. The van der Waals surface area contributed by atoms with Crippen molar-refractivity contribution >= 4 is 38.9 Å². The molecule has 0 saturated heterocycles. The van der Waals surface area contributed by atoms with Gasteiger partial charge >= 0.3 is 5.97 Å². The third-order valence-electron chi connectivity index (χ3n) is 6.68. The molecular formula is C34H32N2O3. The Morgan fingerprint density at radius 3 is 2.26 bits per heavy atom. The highest BCUT2D eigenvalue weighted by Gasteiger charge is 2.13. The van der Waals surface area contributed by atoms with Gasteiger partial charge < -0.3 is 9.47 Å². The number of carbonyl (C=O) groups excluding carboxylic acids is 1. The average Bonchev–Trinajstić information content (AvgIpc) is 2.98. The summed E-state index contributed by atoms with van der Waals surface area (Å²) in [4.78, 5) is 12.9. The van der Waals surface area contributed by atoms with Crippen molar-refractivity contribution in [2.24, 2.45) is 10.2 Å². The molecule has 5 rings (SSSR count). The van der Waals surface area contributed by atoms with Gasteiger partial charge in [-0.05, 0) is 65.7 Å². The Bertz CT molecular complexity index is 1590. The Kier molecular flexibility index (Phi) is 8.59. The van der Waals surface area contributed by atoms with Crippen molar-refractivity contribution in [2.75, 3.05) is 6.61 Å². The highest BCUT2D eigenvalue weighted by atomic mass is 16.5. The zero-order chi connectivity index (χ0) is 26.9. The summed E-state index contributed by atoms with van der Waals surface area (Å²) in [6, 6.07) is 32.6. The number of fused-ring (bicyclic) bond motifs is 2. The lowest BCUT2D eigenvalue weighted by Crippen LogP contribution is -2.08. The van der Waals surface area contributed by atoms with Gasteiger partial charge in [0.15, 0.2) is 0 Å². The van der Waals surface area contributed by atoms with Gasteiger partial charge in [-0.25, -0.2) is 4.79 Å². The van der Waals surface area contributed by atoms with Gasteiger partial charge in [0.05, 0.1) is 23.5 Å². The number of nitrogens with zero attached hydrogens (tertiary/aromatic N) is 2. The van der Waals surface area contributed by atoms with E-state index in [1.807, 2.05) is 72.8 Å². The minimum Gasteiger partial charge on any atom is -0.494 e. The predicted molar refractivity (Wildman–Crippen MR) is 158 cm³/mol. The molecule has 0 N–H and O–H groups in total. The second-order valence-electron chi connectivity index (χ2n) is 9.54. The molecule has 0 amide bonds. The van der Waals surface area contributed by atoms with Gasteiger partial charge in [-0.3, -0.25) is 0 Å². The van der Waals surface area contributed by atoms with Crippen LogP contribution in [-0.4, -0.2) is 12.6 Å². The molecule has 5 aromatic rings. The number of hydrogen-bond donors (Lipinski definition) is 0. The molecule has 5 aromatic carbocycles. The average molecular weight is 517 g/mol. The number of hydrogen-bond acceptors (Lipinski definition) is 5. The maximum Gasteiger partial charge on any atom is 0.343 e. The summed E-state index contributed by atoms with van der Waals surface area (Å²) in [6.07, 6.45) is 5.96. The van der Waals surface area contributed by atoms with Gasteiger partial charge in [-0.15, -0.1) is 5.11 Å². The van der Waals surface area contributed by atoms with Crippen LogP contribution in [0.25, 0.3) is 21.5 Å². The predicted octanol–water partition coefficient (Wildman–Crippen LogP) is 9.98. The minimum atomic E-state index is -0.420. The van der Waals surface area contributed by atoms with Crippen molar-refractivity contribution in [1.29, 1.82) is 0 Å². The Balaban J connectivity index is 1.27. The van der Waals surface area contributed by atoms with E-state index in [9.17, 15) is 4.79 Å². The van der Waals surface area contributed by atoms with E-state index in [0.29, 0.717) is 23.6 Å². The first-order chi connectivity index (χ1) is 19.2. The second-order valence-corrected chi connectivity index (χ2v) is 9.54. The van der Waals surface area contributed by atoms with E-state index in [1.165, 1.54) is 25.7 Å². The monoisotopic (exact) mass is 516 g/mol. The van der Waals surface area contributed by atoms with Gasteiger partial charge in [0.2, 0.25) is 0 Å². The van der Waals surface area contributed by atoms with Crippen molar-refractivity contribution in [2.45, 2.75) is 39.0 Å². The molecule has 0 bridgehead atoms. The van der Waals surface area contributed by atoms with Gasteiger partial charge in [0.1, 0.15) is 11.5 Å². The van der Waals surface area contributed by atoms with E-state index >= 15 is 0 Å². The summed E-state index contributed by atoms with van der Waals surface area (Å²) in [7, 11) is 0. The molecule has 0 unspecified atom stereocenters. The zero-order valence-electron chi connectivity index (χ0n) is 22.2. The molecule has 0 atom stereocenters. The topological polar surface area (TPSA) is 60.2 Å². The zero-order valence-corrected chi connectivity index (χ0v) is 22.2. The van der Waals surface area contributed by atoms with Crippen LogP contribution in [0.3, 0.4) is 0 Å². The van der Waals surface area contributed by atoms with Crippen molar-refractivity contribution in [1.82, 2.24) is 0 Å². The number of azo groups is 1. The van der Waals surface area contributed by atoms with Crippen molar-refractivity contribution in [3.63, 3.8) is 0 Å². The Hall–Kier alpha value is -4.51. The van der Waals surface area contributed by atoms with Crippen LogP contribution in [-0.2, 0) is 0 Å². The Morgan fingerprint density at radius 2 is 1.44 bits per heavy atom. The molecule has 5 heteroatoms. The summed E-state index contributed by atoms with van der Waals surface area (Å²) in [5, 5.41) is 12.9. The highest BCUT2D eigenvalue weighted by Crippen LogP contribution is 2.35. The summed E-state index contributed by atoms with van der Waals surface area (Å²) in [6.45, 7) is 2.89. The Labute approximate surface area is 229 Å². The number of benzene rings is 5. The molecule has 39 heavy (non-hydrogen) atoms. The van der Waals surface area contributed by atoms with E-state index in [1.54, 1.807) is 18.2 Å².